The molecule has 0 aliphatic carbocycles. The quantitative estimate of drug-likeness (QED) is 0.716. The number of rotatable bonds is 8. The highest BCUT2D eigenvalue weighted by Crippen LogP contribution is 2.31. The molecule has 6 heteroatoms. The van der Waals surface area contributed by atoms with Crippen molar-refractivity contribution in [2.75, 3.05) is 32.1 Å². The molecule has 150 valence electrons. The van der Waals surface area contributed by atoms with Crippen molar-refractivity contribution in [2.45, 2.75) is 32.4 Å². The van der Waals surface area contributed by atoms with E-state index in [-0.39, 0.29) is 18.6 Å². The molecule has 1 heterocycles. The van der Waals surface area contributed by atoms with Gasteiger partial charge in [-0.2, -0.15) is 0 Å². The van der Waals surface area contributed by atoms with Crippen molar-refractivity contribution in [1.82, 2.24) is 4.90 Å². The molecule has 2 aromatic carbocycles. The minimum atomic E-state index is -0.0889. The summed E-state index contributed by atoms with van der Waals surface area (Å²) in [6, 6.07) is 13.7. The standard InChI is InChI=1S/C22H27ClN2O3/c1-16-11-20(21(27-2)12-19(16)23)24-22(26)15-25(14-18-9-6-10-28-18)13-17-7-4-3-5-8-17/h3-5,7-8,11-12,18H,6,9-10,13-15H2,1-2H3,(H,24,26). The van der Waals surface area contributed by atoms with Crippen molar-refractivity contribution in [2.24, 2.45) is 0 Å². The second-order valence-electron chi connectivity index (χ2n) is 7.14. The number of anilines is 1. The maximum atomic E-state index is 12.8. The van der Waals surface area contributed by atoms with Gasteiger partial charge in [0.15, 0.2) is 0 Å². The second kappa shape index (κ2) is 9.92. The highest BCUT2D eigenvalue weighted by Gasteiger charge is 2.21. The Morgan fingerprint density at radius 2 is 2.11 bits per heavy atom. The molecule has 0 spiro atoms. The molecule has 5 nitrogen and oxygen atoms in total. The number of nitrogens with zero attached hydrogens (tertiary/aromatic N) is 1. The number of halogens is 1. The summed E-state index contributed by atoms with van der Waals surface area (Å²) in [7, 11) is 1.57. The van der Waals surface area contributed by atoms with Gasteiger partial charge in [0.05, 0.1) is 25.4 Å². The van der Waals surface area contributed by atoms with Crippen LogP contribution in [0.4, 0.5) is 5.69 Å². The number of hydrogen-bond acceptors (Lipinski definition) is 4. The van der Waals surface area contributed by atoms with E-state index in [0.717, 1.165) is 31.6 Å². The number of aryl methyl sites for hydroxylation is 1. The van der Waals surface area contributed by atoms with E-state index in [1.807, 2.05) is 31.2 Å². The number of carbonyl (C=O) groups excluding carboxylic acids is 1. The van der Waals surface area contributed by atoms with E-state index in [1.54, 1.807) is 13.2 Å². The van der Waals surface area contributed by atoms with Gasteiger partial charge in [-0.15, -0.1) is 0 Å². The van der Waals surface area contributed by atoms with E-state index in [1.165, 1.54) is 5.56 Å². The normalized spacial score (nSPS) is 16.4. The zero-order valence-electron chi connectivity index (χ0n) is 16.4. The average Bonchev–Trinajstić information content (AvgIpc) is 3.18. The SMILES string of the molecule is COc1cc(Cl)c(C)cc1NC(=O)CN(Cc1ccccc1)CC1CCCO1. The number of carbonyl (C=O) groups is 1. The first-order valence-corrected chi connectivity index (χ1v) is 9.95. The van der Waals surface area contributed by atoms with Gasteiger partial charge in [-0.1, -0.05) is 41.9 Å². The first-order valence-electron chi connectivity index (χ1n) is 9.57. The van der Waals surface area contributed by atoms with Crippen LogP contribution in [0.5, 0.6) is 5.75 Å². The van der Waals surface area contributed by atoms with Gasteiger partial charge in [0.25, 0.3) is 0 Å². The molecule has 1 aliphatic rings. The van der Waals surface area contributed by atoms with Gasteiger partial charge in [0.2, 0.25) is 5.91 Å². The Hall–Kier alpha value is -2.08. The summed E-state index contributed by atoms with van der Waals surface area (Å²) in [5.74, 6) is 0.464. The van der Waals surface area contributed by atoms with Gasteiger partial charge in [-0.25, -0.2) is 0 Å². The van der Waals surface area contributed by atoms with E-state index < -0.39 is 0 Å². The highest BCUT2D eigenvalue weighted by molar-refractivity contribution is 6.31. The monoisotopic (exact) mass is 402 g/mol. The van der Waals surface area contributed by atoms with Crippen molar-refractivity contribution < 1.29 is 14.3 Å². The van der Waals surface area contributed by atoms with Crippen LogP contribution >= 0.6 is 11.6 Å². The van der Waals surface area contributed by atoms with Crippen molar-refractivity contribution in [1.29, 1.82) is 0 Å². The van der Waals surface area contributed by atoms with E-state index in [2.05, 4.69) is 22.3 Å². The van der Waals surface area contributed by atoms with Crippen molar-refractivity contribution >= 4 is 23.2 Å². The van der Waals surface area contributed by atoms with Gasteiger partial charge >= 0.3 is 0 Å². The maximum Gasteiger partial charge on any atom is 0.238 e. The van der Waals surface area contributed by atoms with E-state index in [0.29, 0.717) is 23.0 Å². The van der Waals surface area contributed by atoms with Crippen LogP contribution < -0.4 is 10.1 Å². The van der Waals surface area contributed by atoms with Gasteiger partial charge < -0.3 is 14.8 Å². The Labute approximate surface area is 171 Å². The van der Waals surface area contributed by atoms with Crippen LogP contribution in [0.15, 0.2) is 42.5 Å². The Morgan fingerprint density at radius 3 is 2.79 bits per heavy atom. The molecule has 28 heavy (non-hydrogen) atoms. The predicted octanol–water partition coefficient (Wildman–Crippen LogP) is 4.28. The molecule has 0 radical (unpaired) electrons. The van der Waals surface area contributed by atoms with Crippen molar-refractivity contribution in [3.8, 4) is 5.75 Å². The Bertz CT molecular complexity index is 792. The van der Waals surface area contributed by atoms with E-state index in [4.69, 9.17) is 21.1 Å². The summed E-state index contributed by atoms with van der Waals surface area (Å²) in [6.07, 6.45) is 2.30. The van der Waals surface area contributed by atoms with Crippen LogP contribution in [0.2, 0.25) is 5.02 Å². The molecule has 0 saturated carbocycles. The van der Waals surface area contributed by atoms with Crippen molar-refractivity contribution in [3.05, 3.63) is 58.6 Å². The Kier molecular flexibility index (Phi) is 7.31. The molecular weight excluding hydrogens is 376 g/mol. The third kappa shape index (κ3) is 5.71. The summed E-state index contributed by atoms with van der Waals surface area (Å²) in [6.45, 7) is 4.41. The van der Waals surface area contributed by atoms with Gasteiger partial charge in [-0.3, -0.25) is 9.69 Å². The number of ether oxygens (including phenoxy) is 2. The summed E-state index contributed by atoms with van der Waals surface area (Å²) in [5, 5.41) is 3.58. The first kappa shape index (κ1) is 20.6. The summed E-state index contributed by atoms with van der Waals surface area (Å²) in [5.41, 5.74) is 2.69. The molecular formula is C22H27ClN2O3. The number of hydrogen-bond donors (Lipinski definition) is 1. The minimum Gasteiger partial charge on any atom is -0.495 e. The molecule has 1 atom stereocenters. The third-order valence-electron chi connectivity index (χ3n) is 4.86. The Balaban J connectivity index is 1.68. The zero-order valence-corrected chi connectivity index (χ0v) is 17.2. The Morgan fingerprint density at radius 1 is 1.32 bits per heavy atom. The van der Waals surface area contributed by atoms with E-state index >= 15 is 0 Å². The minimum absolute atomic E-state index is 0.0889. The number of methoxy groups -OCH3 is 1. The van der Waals surface area contributed by atoms with Crippen LogP contribution in [0.1, 0.15) is 24.0 Å². The fourth-order valence-electron chi connectivity index (χ4n) is 3.43. The second-order valence-corrected chi connectivity index (χ2v) is 7.55. The third-order valence-corrected chi connectivity index (χ3v) is 5.26. The number of benzene rings is 2. The van der Waals surface area contributed by atoms with Crippen LogP contribution in [-0.4, -0.2) is 43.7 Å². The first-order chi connectivity index (χ1) is 13.5. The average molecular weight is 403 g/mol. The smallest absolute Gasteiger partial charge is 0.238 e. The largest absolute Gasteiger partial charge is 0.495 e. The lowest BCUT2D eigenvalue weighted by molar-refractivity contribution is -0.117. The fourth-order valence-corrected chi connectivity index (χ4v) is 3.58. The lowest BCUT2D eigenvalue weighted by atomic mass is 10.1. The molecule has 1 amide bonds. The molecule has 1 fully saturated rings. The molecule has 2 aromatic rings. The number of amides is 1. The molecule has 0 bridgehead atoms. The van der Waals surface area contributed by atoms with Gasteiger partial charge in [0.1, 0.15) is 5.75 Å². The van der Waals surface area contributed by atoms with Crippen molar-refractivity contribution in [3.63, 3.8) is 0 Å². The molecule has 3 rings (SSSR count). The molecule has 1 N–H and O–H groups in total. The molecule has 1 aliphatic heterocycles. The maximum absolute atomic E-state index is 12.8. The van der Waals surface area contributed by atoms with Crippen LogP contribution in [0, 0.1) is 6.92 Å². The van der Waals surface area contributed by atoms with Gasteiger partial charge in [0, 0.05) is 30.8 Å². The topological polar surface area (TPSA) is 50.8 Å². The molecule has 0 aromatic heterocycles. The summed E-state index contributed by atoms with van der Waals surface area (Å²) in [4.78, 5) is 14.9. The van der Waals surface area contributed by atoms with E-state index in [9.17, 15) is 4.79 Å². The van der Waals surface area contributed by atoms with Gasteiger partial charge in [-0.05, 0) is 37.0 Å². The fraction of sp³-hybridized carbons (Fsp3) is 0.409. The molecule has 1 saturated heterocycles. The molecule has 1 unspecified atom stereocenters. The van der Waals surface area contributed by atoms with Crippen LogP contribution in [0.3, 0.4) is 0 Å². The summed E-state index contributed by atoms with van der Waals surface area (Å²) >= 11 is 6.16. The highest BCUT2D eigenvalue weighted by atomic mass is 35.5. The lowest BCUT2D eigenvalue weighted by Gasteiger charge is -2.25. The predicted molar refractivity (Wildman–Crippen MR) is 112 cm³/mol. The summed E-state index contributed by atoms with van der Waals surface area (Å²) < 4.78 is 11.1. The van der Waals surface area contributed by atoms with Crippen LogP contribution in [-0.2, 0) is 16.1 Å². The number of nitrogens with one attached hydrogen (secondary N) is 1. The zero-order chi connectivity index (χ0) is 19.9. The lowest BCUT2D eigenvalue weighted by Crippen LogP contribution is -2.38. The van der Waals surface area contributed by atoms with Crippen LogP contribution in [0.25, 0.3) is 0 Å².